The van der Waals surface area contributed by atoms with E-state index in [9.17, 15) is 0 Å². The number of quaternary nitrogens is 2. The third kappa shape index (κ3) is 6.41. The van der Waals surface area contributed by atoms with Crippen molar-refractivity contribution in [3.05, 3.63) is 150 Å². The normalized spacial score (nSPS) is 18.7. The zero-order valence-electron chi connectivity index (χ0n) is 37.4. The summed E-state index contributed by atoms with van der Waals surface area (Å²) in [6.45, 7) is 29.8. The Kier molecular flexibility index (Phi) is 10.0. The van der Waals surface area contributed by atoms with Gasteiger partial charge in [-0.25, -0.2) is 9.58 Å². The van der Waals surface area contributed by atoms with Gasteiger partial charge in [-0.3, -0.25) is 0 Å². The molecule has 2 aromatic heterocycles. The molecule has 6 heteroatoms. The first kappa shape index (κ1) is 42.2. The topological polar surface area (TPSA) is 27.1 Å². The molecule has 7 aromatic rings. The van der Waals surface area contributed by atoms with E-state index in [-0.39, 0.29) is 42.7 Å². The maximum atomic E-state index is 6.93. The van der Waals surface area contributed by atoms with Crippen molar-refractivity contribution in [2.45, 2.75) is 118 Å². The van der Waals surface area contributed by atoms with Crippen LogP contribution in [0.1, 0.15) is 118 Å². The van der Waals surface area contributed by atoms with Crippen LogP contribution in [0.2, 0.25) is 0 Å². The summed E-state index contributed by atoms with van der Waals surface area (Å²) >= 11 is 0. The molecule has 0 spiro atoms. The van der Waals surface area contributed by atoms with Crippen LogP contribution in [0.15, 0.2) is 109 Å². The van der Waals surface area contributed by atoms with Crippen LogP contribution in [-0.4, -0.2) is 9.55 Å². The third-order valence-electron chi connectivity index (χ3n) is 13.5. The molecular weight excluding hydrogens is 916 g/mol. The van der Waals surface area contributed by atoms with Gasteiger partial charge < -0.3 is 9.30 Å². The van der Waals surface area contributed by atoms with Crippen molar-refractivity contribution in [3.8, 4) is 17.3 Å². The Balaban J connectivity index is 0.00000499. The van der Waals surface area contributed by atoms with Crippen molar-refractivity contribution in [2.24, 2.45) is 0 Å². The summed E-state index contributed by atoms with van der Waals surface area (Å²) in [5, 5.41) is 2.30. The smallest absolute Gasteiger partial charge is 0.225 e. The summed E-state index contributed by atoms with van der Waals surface area (Å²) in [6, 6.07) is 45.7. The van der Waals surface area contributed by atoms with E-state index in [1.807, 2.05) is 6.20 Å². The van der Waals surface area contributed by atoms with E-state index < -0.39 is 0 Å². The van der Waals surface area contributed by atoms with Crippen LogP contribution in [0.4, 0.5) is 22.7 Å². The molecule has 5 nitrogen and oxygen atoms in total. The largest absolute Gasteiger partial charge is 0.509 e. The molecule has 9 rings (SSSR count). The van der Waals surface area contributed by atoms with E-state index in [0.717, 1.165) is 40.8 Å². The molecule has 2 aliphatic rings. The van der Waals surface area contributed by atoms with Crippen LogP contribution in [0.3, 0.4) is 0 Å². The first-order valence-corrected chi connectivity index (χ1v) is 21.4. The molecule has 2 aliphatic heterocycles. The zero-order chi connectivity index (χ0) is 41.9. The number of para-hydroxylation sites is 2. The van der Waals surface area contributed by atoms with Gasteiger partial charge in [0.15, 0.2) is 12.4 Å². The Hall–Kier alpha value is -4.54. The first-order chi connectivity index (χ1) is 27.8. The van der Waals surface area contributed by atoms with E-state index >= 15 is 0 Å². The Morgan fingerprint density at radius 1 is 0.600 bits per heavy atom. The van der Waals surface area contributed by atoms with Crippen LogP contribution in [0, 0.1) is 18.8 Å². The molecule has 0 radical (unpaired) electrons. The van der Waals surface area contributed by atoms with Crippen LogP contribution in [-0.2, 0) is 42.7 Å². The first-order valence-electron chi connectivity index (χ1n) is 21.4. The average molecular weight is 975 g/mol. The predicted octanol–water partition coefficient (Wildman–Crippen LogP) is 14.9. The molecule has 4 heterocycles. The van der Waals surface area contributed by atoms with Crippen LogP contribution in [0.5, 0.6) is 11.5 Å². The number of nitrogens with zero attached hydrogens (tertiary/aromatic N) is 4. The predicted molar refractivity (Wildman–Crippen MR) is 247 cm³/mol. The summed E-state index contributed by atoms with van der Waals surface area (Å²) < 4.78 is 10.4. The molecule has 1 unspecified atom stereocenters. The number of fused-ring (bicyclic) bond motifs is 7. The average Bonchev–Trinajstić information content (AvgIpc) is 3.70. The molecular formula is C54H59N4OPt-. The summed E-state index contributed by atoms with van der Waals surface area (Å²) in [5.74, 6) is 2.20. The Morgan fingerprint density at radius 2 is 1.27 bits per heavy atom. The molecule has 0 aliphatic carbocycles. The van der Waals surface area contributed by atoms with Gasteiger partial charge in [0, 0.05) is 68.5 Å². The fraction of sp³-hybridized carbons (Fsp3) is 0.333. The molecule has 1 saturated heterocycles. The number of aromatic nitrogens is 2. The minimum atomic E-state index is -0.130. The number of benzene rings is 5. The van der Waals surface area contributed by atoms with Gasteiger partial charge >= 0.3 is 0 Å². The van der Waals surface area contributed by atoms with Crippen molar-refractivity contribution in [1.29, 1.82) is 0 Å². The number of hydrogen-bond donors (Lipinski definition) is 0. The monoisotopic (exact) mass is 974 g/mol. The van der Waals surface area contributed by atoms with Gasteiger partial charge in [0.05, 0.1) is 5.69 Å². The van der Waals surface area contributed by atoms with E-state index in [0.29, 0.717) is 20.7 Å². The Labute approximate surface area is 372 Å². The summed E-state index contributed by atoms with van der Waals surface area (Å²) in [5.41, 5.74) is 12.0. The van der Waals surface area contributed by atoms with E-state index in [1.165, 1.54) is 44.7 Å². The molecule has 0 amide bonds. The van der Waals surface area contributed by atoms with Crippen molar-refractivity contribution < 1.29 is 25.8 Å². The van der Waals surface area contributed by atoms with Gasteiger partial charge in [-0.1, -0.05) is 131 Å². The number of hydrogen-bond acceptors (Lipinski definition) is 2. The van der Waals surface area contributed by atoms with E-state index in [4.69, 9.17) is 9.72 Å². The molecule has 312 valence electrons. The molecule has 5 aromatic carbocycles. The summed E-state index contributed by atoms with van der Waals surface area (Å²) in [6.07, 6.45) is 4.12. The van der Waals surface area contributed by atoms with Crippen molar-refractivity contribution in [3.63, 3.8) is 0 Å². The maximum absolute atomic E-state index is 6.93. The number of rotatable bonds is 8. The molecule has 60 heavy (non-hydrogen) atoms. The third-order valence-corrected chi connectivity index (χ3v) is 13.5. The van der Waals surface area contributed by atoms with Gasteiger partial charge in [-0.15, -0.1) is 35.2 Å². The fourth-order valence-corrected chi connectivity index (χ4v) is 9.19. The minimum Gasteiger partial charge on any atom is -0.509 e. The summed E-state index contributed by atoms with van der Waals surface area (Å²) in [4.78, 5) is 4.95. The second-order valence-electron chi connectivity index (χ2n) is 20.3. The van der Waals surface area contributed by atoms with Crippen LogP contribution < -0.4 is 13.9 Å². The molecule has 2 atom stereocenters. The van der Waals surface area contributed by atoms with Crippen molar-refractivity contribution in [2.75, 3.05) is 0 Å². The van der Waals surface area contributed by atoms with E-state index in [1.54, 1.807) is 0 Å². The van der Waals surface area contributed by atoms with Gasteiger partial charge in [-0.2, -0.15) is 10.7 Å². The van der Waals surface area contributed by atoms with E-state index in [2.05, 4.69) is 210 Å². The number of pyridine rings is 1. The van der Waals surface area contributed by atoms with Crippen LogP contribution >= 0.6 is 0 Å². The van der Waals surface area contributed by atoms with Gasteiger partial charge in [0.25, 0.3) is 0 Å². The molecule has 0 saturated carbocycles. The molecule has 1 fully saturated rings. The molecule has 0 N–H and O–H groups in total. The second-order valence-corrected chi connectivity index (χ2v) is 20.3. The van der Waals surface area contributed by atoms with Gasteiger partial charge in [0.2, 0.25) is 11.4 Å². The van der Waals surface area contributed by atoms with Crippen molar-refractivity contribution >= 4 is 44.6 Å². The van der Waals surface area contributed by atoms with Gasteiger partial charge in [0.1, 0.15) is 5.82 Å². The Morgan fingerprint density at radius 3 is 1.93 bits per heavy atom. The standard InChI is InChI=1S/C54H59N4O.Pt/c1-13-54(12,14-2)38-18-17-19-40(28-38)57-35-58(57,49-21-16-15-20-48(49)57)41-29-39(53(9,10)11)30-43(33-41)59-42-23-24-44-45-31-36(51(3,4)5)22-25-46(45)56(47(44)34-42)50-32-37(26-27-55-50)52(6,7)8;/h15-32,35H,13-14H2,1-12H3;/q-1;/t57-,58?;/m0./s1. The number of ether oxygens (including phenoxy) is 1. The summed E-state index contributed by atoms with van der Waals surface area (Å²) in [7, 11) is 0. The minimum absolute atomic E-state index is 0. The zero-order valence-corrected chi connectivity index (χ0v) is 39.7. The second kappa shape index (κ2) is 14.3. The van der Waals surface area contributed by atoms with Crippen molar-refractivity contribution in [1.82, 2.24) is 18.7 Å². The SMILES string of the molecule is CCC(C)(CC)c1cccc([N@+]23[CH-][N+]2(c2[c-]c(Oc4[c-]c5c(cc4)c4cc(C(C)(C)C)ccc4n5-c4cc(C(C)(C)C)ccn4)cc(C(C)(C)C)c2)c2ccccc23)c1.[Pt]. The fourth-order valence-electron chi connectivity index (χ4n) is 9.19. The molecule has 0 bridgehead atoms. The Bertz CT molecular complexity index is 2790. The quantitative estimate of drug-likeness (QED) is 0.0862. The van der Waals surface area contributed by atoms with Crippen LogP contribution in [0.25, 0.3) is 27.6 Å². The maximum Gasteiger partial charge on any atom is 0.225 e. The van der Waals surface area contributed by atoms with Gasteiger partial charge in [-0.05, 0) is 74.8 Å².